The molecule has 1 aromatic carbocycles. The Hall–Kier alpha value is -2.89. The second-order valence-corrected chi connectivity index (χ2v) is 8.19. The molecule has 0 radical (unpaired) electrons. The van der Waals surface area contributed by atoms with E-state index in [1.165, 1.54) is 0 Å². The number of nitrogens with zero attached hydrogens (tertiary/aromatic N) is 3. The molecule has 1 atom stereocenters. The minimum Gasteiger partial charge on any atom is -0.329 e. The number of fused-ring (bicyclic) bond motifs is 1. The van der Waals surface area contributed by atoms with Crippen LogP contribution in [0.5, 0.6) is 0 Å². The topological polar surface area (TPSA) is 69.6 Å². The van der Waals surface area contributed by atoms with E-state index in [1.807, 2.05) is 52.8 Å². The molecule has 0 spiro atoms. The first-order chi connectivity index (χ1) is 14.8. The van der Waals surface area contributed by atoms with Crippen molar-refractivity contribution in [1.29, 1.82) is 0 Å². The van der Waals surface area contributed by atoms with Gasteiger partial charge in [0.1, 0.15) is 12.4 Å². The zero-order chi connectivity index (χ0) is 22.0. The smallest absolute Gasteiger partial charge is 0.329 e. The molecule has 0 saturated heterocycles. The van der Waals surface area contributed by atoms with Crippen LogP contribution in [0.4, 0.5) is 23.7 Å². The van der Waals surface area contributed by atoms with Crippen molar-refractivity contribution in [2.75, 3.05) is 18.4 Å². The Balaban J connectivity index is 1.48. The van der Waals surface area contributed by atoms with Crippen LogP contribution in [0.25, 0.3) is 5.57 Å². The van der Waals surface area contributed by atoms with E-state index < -0.39 is 18.8 Å². The number of amidine groups is 1. The standard InChI is InChI=1S/C21H17F3IN5O/c22-21(23,24)12-28-20(31)29-16-8-14(7-15(25)10-16)18-11-27-19-9-13(4-6-30(18)19)17-3-1-2-5-26-17/h1-10,18H,11-12H2,(H2,28,29,31). The molecule has 4 rings (SSSR count). The van der Waals surface area contributed by atoms with E-state index in [2.05, 4.69) is 37.9 Å². The van der Waals surface area contributed by atoms with Gasteiger partial charge in [-0.2, -0.15) is 13.2 Å². The lowest BCUT2D eigenvalue weighted by molar-refractivity contribution is -0.122. The van der Waals surface area contributed by atoms with Gasteiger partial charge in [-0.3, -0.25) is 9.98 Å². The highest BCUT2D eigenvalue weighted by Crippen LogP contribution is 2.33. The summed E-state index contributed by atoms with van der Waals surface area (Å²) in [5, 5.41) is 4.28. The van der Waals surface area contributed by atoms with E-state index in [1.54, 1.807) is 18.3 Å². The molecule has 2 amide bonds. The molecule has 2 aliphatic rings. The van der Waals surface area contributed by atoms with Gasteiger partial charge < -0.3 is 15.5 Å². The number of hydrogen-bond donors (Lipinski definition) is 2. The summed E-state index contributed by atoms with van der Waals surface area (Å²) in [5.74, 6) is 0.810. The highest BCUT2D eigenvalue weighted by molar-refractivity contribution is 14.1. The zero-order valence-electron chi connectivity index (χ0n) is 16.0. The fourth-order valence-electron chi connectivity index (χ4n) is 3.35. The number of amides is 2. The summed E-state index contributed by atoms with van der Waals surface area (Å²) in [4.78, 5) is 22.8. The van der Waals surface area contributed by atoms with Crippen molar-refractivity contribution in [1.82, 2.24) is 15.2 Å². The van der Waals surface area contributed by atoms with Crippen molar-refractivity contribution < 1.29 is 18.0 Å². The van der Waals surface area contributed by atoms with Gasteiger partial charge in [0.25, 0.3) is 0 Å². The number of carbonyl (C=O) groups excluding carboxylic acids is 1. The van der Waals surface area contributed by atoms with Gasteiger partial charge in [0.05, 0.1) is 18.3 Å². The maximum Gasteiger partial charge on any atom is 0.405 e. The quantitative estimate of drug-likeness (QED) is 0.552. The van der Waals surface area contributed by atoms with Gasteiger partial charge in [-0.15, -0.1) is 0 Å². The second-order valence-electron chi connectivity index (χ2n) is 6.95. The number of aliphatic imine (C=N–C) groups is 1. The van der Waals surface area contributed by atoms with E-state index >= 15 is 0 Å². The predicted octanol–water partition coefficient (Wildman–Crippen LogP) is 4.74. The van der Waals surface area contributed by atoms with Crippen LogP contribution in [-0.2, 0) is 0 Å². The summed E-state index contributed by atoms with van der Waals surface area (Å²) in [6.45, 7) is -0.871. The fraction of sp³-hybridized carbons (Fsp3) is 0.190. The number of anilines is 1. The second kappa shape index (κ2) is 8.69. The number of allylic oxidation sites excluding steroid dienone is 2. The van der Waals surface area contributed by atoms with E-state index in [0.717, 1.165) is 26.2 Å². The van der Waals surface area contributed by atoms with Crippen LogP contribution in [0.15, 0.2) is 65.9 Å². The van der Waals surface area contributed by atoms with Crippen molar-refractivity contribution >= 4 is 45.7 Å². The molecule has 1 aromatic heterocycles. The van der Waals surface area contributed by atoms with Crippen molar-refractivity contribution in [3.63, 3.8) is 0 Å². The highest BCUT2D eigenvalue weighted by atomic mass is 127. The van der Waals surface area contributed by atoms with Crippen LogP contribution < -0.4 is 10.6 Å². The number of pyridine rings is 1. The van der Waals surface area contributed by atoms with E-state index in [9.17, 15) is 18.0 Å². The molecule has 31 heavy (non-hydrogen) atoms. The molecule has 10 heteroatoms. The molecule has 0 saturated carbocycles. The first-order valence-electron chi connectivity index (χ1n) is 9.35. The van der Waals surface area contributed by atoms with Crippen LogP contribution in [0.3, 0.4) is 0 Å². The molecule has 1 unspecified atom stereocenters. The summed E-state index contributed by atoms with van der Waals surface area (Å²) < 4.78 is 37.8. The lowest BCUT2D eigenvalue weighted by Crippen LogP contribution is -2.36. The summed E-state index contributed by atoms with van der Waals surface area (Å²) in [6.07, 6.45) is 3.16. The molecule has 160 valence electrons. The predicted molar refractivity (Wildman–Crippen MR) is 120 cm³/mol. The largest absolute Gasteiger partial charge is 0.405 e. The summed E-state index contributed by atoms with van der Waals surface area (Å²) in [7, 11) is 0. The highest BCUT2D eigenvalue weighted by Gasteiger charge is 2.30. The Morgan fingerprint density at radius 2 is 2.10 bits per heavy atom. The van der Waals surface area contributed by atoms with Gasteiger partial charge in [0.15, 0.2) is 0 Å². The molecule has 3 heterocycles. The molecule has 2 aromatic rings. The number of urea groups is 1. The molecular formula is C21H17F3IN5O. The minimum atomic E-state index is -4.46. The summed E-state index contributed by atoms with van der Waals surface area (Å²) >= 11 is 2.11. The van der Waals surface area contributed by atoms with Gasteiger partial charge in [-0.1, -0.05) is 6.07 Å². The fourth-order valence-corrected chi connectivity index (χ4v) is 4.04. The van der Waals surface area contributed by atoms with Crippen LogP contribution in [-0.4, -0.2) is 41.0 Å². The van der Waals surface area contributed by atoms with Gasteiger partial charge in [-0.25, -0.2) is 4.79 Å². The van der Waals surface area contributed by atoms with Crippen molar-refractivity contribution in [2.24, 2.45) is 4.99 Å². The van der Waals surface area contributed by atoms with Gasteiger partial charge >= 0.3 is 12.2 Å². The zero-order valence-corrected chi connectivity index (χ0v) is 18.2. The third-order valence-electron chi connectivity index (χ3n) is 4.70. The number of carbonyl (C=O) groups is 1. The maximum atomic E-state index is 12.3. The average molecular weight is 539 g/mol. The molecule has 0 fully saturated rings. The maximum absolute atomic E-state index is 12.3. The monoisotopic (exact) mass is 539 g/mol. The van der Waals surface area contributed by atoms with Gasteiger partial charge in [-0.05, 0) is 70.6 Å². The number of aromatic nitrogens is 1. The normalized spacial score (nSPS) is 17.7. The molecule has 0 aliphatic carbocycles. The van der Waals surface area contributed by atoms with Crippen molar-refractivity contribution in [3.8, 4) is 0 Å². The number of benzene rings is 1. The number of nitrogens with one attached hydrogen (secondary N) is 2. The molecule has 6 nitrogen and oxygen atoms in total. The summed E-state index contributed by atoms with van der Waals surface area (Å²) in [6, 6.07) is 10.1. The summed E-state index contributed by atoms with van der Waals surface area (Å²) in [5.41, 5.74) is 3.13. The van der Waals surface area contributed by atoms with Crippen LogP contribution in [0.1, 0.15) is 17.3 Å². The lowest BCUT2D eigenvalue weighted by atomic mass is 10.0. The third-order valence-corrected chi connectivity index (χ3v) is 5.32. The molecule has 2 N–H and O–H groups in total. The van der Waals surface area contributed by atoms with E-state index in [-0.39, 0.29) is 6.04 Å². The average Bonchev–Trinajstić information content (AvgIpc) is 3.15. The lowest BCUT2D eigenvalue weighted by Gasteiger charge is -2.27. The number of halogens is 4. The first kappa shape index (κ1) is 21.3. The van der Waals surface area contributed by atoms with Crippen LogP contribution in [0.2, 0.25) is 0 Å². The number of alkyl halides is 3. The molecular weight excluding hydrogens is 522 g/mol. The SMILES string of the molecule is O=C(NCC(F)(F)F)Nc1cc(I)cc(C2CN=C3C=C(c4ccccn4)C=CN32)c1. The molecule has 2 aliphatic heterocycles. The van der Waals surface area contributed by atoms with Crippen molar-refractivity contribution in [2.45, 2.75) is 12.2 Å². The first-order valence-corrected chi connectivity index (χ1v) is 10.4. The third kappa shape index (κ3) is 5.24. The Kier molecular flexibility index (Phi) is 5.99. The van der Waals surface area contributed by atoms with Crippen LogP contribution >= 0.6 is 22.6 Å². The molecule has 0 bridgehead atoms. The number of hydrogen-bond acceptors (Lipinski definition) is 4. The Labute approximate surface area is 190 Å². The van der Waals surface area contributed by atoms with Crippen LogP contribution in [0, 0.1) is 3.57 Å². The Morgan fingerprint density at radius 3 is 2.84 bits per heavy atom. The number of rotatable bonds is 4. The Bertz CT molecular complexity index is 1080. The van der Waals surface area contributed by atoms with Crippen molar-refractivity contribution in [3.05, 3.63) is 75.8 Å². The minimum absolute atomic E-state index is 0.0821. The van der Waals surface area contributed by atoms with E-state index in [0.29, 0.717) is 12.2 Å². The van der Waals surface area contributed by atoms with Gasteiger partial charge in [0, 0.05) is 27.2 Å². The van der Waals surface area contributed by atoms with E-state index in [4.69, 9.17) is 0 Å². The van der Waals surface area contributed by atoms with Gasteiger partial charge in [0.2, 0.25) is 0 Å². The Morgan fingerprint density at radius 1 is 1.26 bits per heavy atom.